The van der Waals surface area contributed by atoms with E-state index in [0.717, 1.165) is 40.8 Å². The molecule has 0 aliphatic carbocycles. The zero-order valence-corrected chi connectivity index (χ0v) is 21.8. The maximum atomic E-state index is 9.96. The fourth-order valence-electron chi connectivity index (χ4n) is 3.67. The van der Waals surface area contributed by atoms with Gasteiger partial charge in [0.15, 0.2) is 0 Å². The van der Waals surface area contributed by atoms with Crippen molar-refractivity contribution in [2.45, 2.75) is 26.6 Å². The van der Waals surface area contributed by atoms with Crippen LogP contribution in [0.2, 0.25) is 5.02 Å². The molecule has 0 fully saturated rings. The molecular formula is C29H32ClN3O4. The summed E-state index contributed by atoms with van der Waals surface area (Å²) >= 11 is 5.96. The number of aromatic nitrogens is 2. The molecule has 1 aromatic heterocycles. The van der Waals surface area contributed by atoms with Crippen molar-refractivity contribution in [3.63, 3.8) is 0 Å². The molecule has 3 aromatic carbocycles. The first kappa shape index (κ1) is 26.7. The molecular weight excluding hydrogens is 490 g/mol. The minimum absolute atomic E-state index is 0.233. The summed E-state index contributed by atoms with van der Waals surface area (Å²) < 4.78 is 19.3. The van der Waals surface area contributed by atoms with Crippen LogP contribution in [-0.4, -0.2) is 47.1 Å². The number of rotatable bonds is 13. The van der Waals surface area contributed by atoms with Crippen molar-refractivity contribution >= 4 is 11.6 Å². The summed E-state index contributed by atoms with van der Waals surface area (Å²) in [7, 11) is 0. The van der Waals surface area contributed by atoms with Gasteiger partial charge >= 0.3 is 0 Å². The fourth-order valence-corrected chi connectivity index (χ4v) is 3.80. The van der Waals surface area contributed by atoms with Crippen molar-refractivity contribution in [3.8, 4) is 34.2 Å². The molecule has 37 heavy (non-hydrogen) atoms. The Morgan fingerprint density at radius 3 is 2.22 bits per heavy atom. The normalized spacial score (nSPS) is 11.9. The second-order valence-corrected chi connectivity index (χ2v) is 8.83. The number of nitrogens with one attached hydrogen (secondary N) is 1. The van der Waals surface area contributed by atoms with E-state index in [0.29, 0.717) is 30.5 Å². The standard InChI is InChI=1S/C29H32ClN3O4/c1-3-31-17-24(34)19-36-25-11-5-21(6-12-25)28-18-33(29(32-28)20-35-4-2)23-9-15-27(16-10-23)37-26-13-7-22(30)8-14-26/h5-16,18,24,31,34H,3-4,17,19-20H2,1-2H3. The molecule has 0 spiro atoms. The van der Waals surface area contributed by atoms with Crippen LogP contribution in [0.5, 0.6) is 17.2 Å². The topological polar surface area (TPSA) is 77.8 Å². The lowest BCUT2D eigenvalue weighted by Gasteiger charge is -2.12. The zero-order chi connectivity index (χ0) is 26.0. The van der Waals surface area contributed by atoms with Gasteiger partial charge in [0.2, 0.25) is 0 Å². The molecule has 0 aliphatic heterocycles. The largest absolute Gasteiger partial charge is 0.491 e. The molecule has 0 amide bonds. The van der Waals surface area contributed by atoms with Crippen LogP contribution >= 0.6 is 11.6 Å². The minimum atomic E-state index is -0.556. The Labute approximate surface area is 222 Å². The van der Waals surface area contributed by atoms with Gasteiger partial charge in [-0.2, -0.15) is 0 Å². The summed E-state index contributed by atoms with van der Waals surface area (Å²) in [6.45, 7) is 6.50. The van der Waals surface area contributed by atoms with Crippen molar-refractivity contribution < 1.29 is 19.3 Å². The van der Waals surface area contributed by atoms with Crippen LogP contribution in [0.3, 0.4) is 0 Å². The Morgan fingerprint density at radius 2 is 1.57 bits per heavy atom. The van der Waals surface area contributed by atoms with E-state index in [1.165, 1.54) is 0 Å². The molecule has 194 valence electrons. The zero-order valence-electron chi connectivity index (χ0n) is 21.1. The van der Waals surface area contributed by atoms with E-state index in [2.05, 4.69) is 5.32 Å². The number of halogens is 1. The monoisotopic (exact) mass is 521 g/mol. The maximum Gasteiger partial charge on any atom is 0.140 e. The number of benzene rings is 3. The molecule has 2 N–H and O–H groups in total. The minimum Gasteiger partial charge on any atom is -0.491 e. The van der Waals surface area contributed by atoms with Crippen molar-refractivity contribution in [1.82, 2.24) is 14.9 Å². The van der Waals surface area contributed by atoms with Gasteiger partial charge in [-0.3, -0.25) is 0 Å². The molecule has 0 saturated carbocycles. The number of nitrogens with zero attached hydrogens (tertiary/aromatic N) is 2. The third kappa shape index (κ3) is 7.57. The molecule has 0 saturated heterocycles. The fraction of sp³-hybridized carbons (Fsp3) is 0.276. The molecule has 0 bridgehead atoms. The van der Waals surface area contributed by atoms with Crippen LogP contribution in [0.4, 0.5) is 0 Å². The Bertz CT molecular complexity index is 1240. The molecule has 0 aliphatic rings. The Kier molecular flexibility index (Phi) is 9.57. The van der Waals surface area contributed by atoms with Gasteiger partial charge in [0, 0.05) is 35.6 Å². The molecule has 4 rings (SSSR count). The lowest BCUT2D eigenvalue weighted by atomic mass is 10.1. The summed E-state index contributed by atoms with van der Waals surface area (Å²) in [6, 6.07) is 22.8. The predicted molar refractivity (Wildman–Crippen MR) is 146 cm³/mol. The van der Waals surface area contributed by atoms with Gasteiger partial charge in [0.25, 0.3) is 0 Å². The second kappa shape index (κ2) is 13.3. The van der Waals surface area contributed by atoms with Gasteiger partial charge < -0.3 is 29.2 Å². The smallest absolute Gasteiger partial charge is 0.140 e. The first-order valence-electron chi connectivity index (χ1n) is 12.4. The van der Waals surface area contributed by atoms with E-state index in [1.54, 1.807) is 12.1 Å². The highest BCUT2D eigenvalue weighted by Crippen LogP contribution is 2.27. The number of ether oxygens (including phenoxy) is 3. The van der Waals surface area contributed by atoms with Gasteiger partial charge in [0.1, 0.15) is 42.4 Å². The number of aliphatic hydroxyl groups excluding tert-OH is 1. The van der Waals surface area contributed by atoms with Gasteiger partial charge in [-0.25, -0.2) is 4.98 Å². The average molecular weight is 522 g/mol. The number of hydrogen-bond donors (Lipinski definition) is 2. The number of imidazole rings is 1. The van der Waals surface area contributed by atoms with E-state index in [9.17, 15) is 5.11 Å². The van der Waals surface area contributed by atoms with Gasteiger partial charge in [-0.1, -0.05) is 18.5 Å². The first-order valence-corrected chi connectivity index (χ1v) is 12.8. The summed E-state index contributed by atoms with van der Waals surface area (Å²) in [4.78, 5) is 4.84. The molecule has 7 nitrogen and oxygen atoms in total. The number of aliphatic hydroxyl groups is 1. The van der Waals surface area contributed by atoms with Crippen LogP contribution in [0.15, 0.2) is 79.0 Å². The lowest BCUT2D eigenvalue weighted by Crippen LogP contribution is -2.31. The molecule has 1 unspecified atom stereocenters. The van der Waals surface area contributed by atoms with E-state index >= 15 is 0 Å². The van der Waals surface area contributed by atoms with Crippen molar-refractivity contribution in [1.29, 1.82) is 0 Å². The van der Waals surface area contributed by atoms with Crippen molar-refractivity contribution in [3.05, 3.63) is 89.8 Å². The molecule has 1 heterocycles. The quantitative estimate of drug-likeness (QED) is 0.229. The molecule has 0 radical (unpaired) electrons. The third-order valence-corrected chi connectivity index (χ3v) is 5.85. The van der Waals surface area contributed by atoms with E-state index in [4.69, 9.17) is 30.8 Å². The summed E-state index contributed by atoms with van der Waals surface area (Å²) in [5, 5.41) is 13.7. The summed E-state index contributed by atoms with van der Waals surface area (Å²) in [5.74, 6) is 2.95. The van der Waals surface area contributed by atoms with Crippen LogP contribution in [0.25, 0.3) is 16.9 Å². The van der Waals surface area contributed by atoms with Crippen LogP contribution in [-0.2, 0) is 11.3 Å². The highest BCUT2D eigenvalue weighted by Gasteiger charge is 2.13. The van der Waals surface area contributed by atoms with Crippen LogP contribution < -0.4 is 14.8 Å². The Morgan fingerprint density at radius 1 is 0.919 bits per heavy atom. The molecule has 4 aromatic rings. The van der Waals surface area contributed by atoms with E-state index < -0.39 is 6.10 Å². The molecule has 1 atom stereocenters. The maximum absolute atomic E-state index is 9.96. The highest BCUT2D eigenvalue weighted by molar-refractivity contribution is 6.30. The highest BCUT2D eigenvalue weighted by atomic mass is 35.5. The molecule has 8 heteroatoms. The SMILES string of the molecule is CCNCC(O)COc1ccc(-c2cn(-c3ccc(Oc4ccc(Cl)cc4)cc3)c(COCC)n2)cc1. The summed E-state index contributed by atoms with van der Waals surface area (Å²) in [5.41, 5.74) is 2.74. The second-order valence-electron chi connectivity index (χ2n) is 8.40. The Hall–Kier alpha value is -3.36. The predicted octanol–water partition coefficient (Wildman–Crippen LogP) is 5.87. The van der Waals surface area contributed by atoms with Crippen molar-refractivity contribution in [2.24, 2.45) is 0 Å². The lowest BCUT2D eigenvalue weighted by molar-refractivity contribution is 0.107. The summed E-state index contributed by atoms with van der Waals surface area (Å²) in [6.07, 6.45) is 1.44. The average Bonchev–Trinajstić information content (AvgIpc) is 3.35. The van der Waals surface area contributed by atoms with Crippen LogP contribution in [0, 0.1) is 0 Å². The van der Waals surface area contributed by atoms with E-state index in [-0.39, 0.29) is 6.61 Å². The van der Waals surface area contributed by atoms with Gasteiger partial charge in [0.05, 0.1) is 5.69 Å². The third-order valence-electron chi connectivity index (χ3n) is 5.60. The number of likely N-dealkylation sites (N-methyl/N-ethyl adjacent to an activating group) is 1. The van der Waals surface area contributed by atoms with Gasteiger partial charge in [-0.05, 0) is 86.3 Å². The van der Waals surface area contributed by atoms with Crippen LogP contribution in [0.1, 0.15) is 19.7 Å². The number of hydrogen-bond acceptors (Lipinski definition) is 6. The Balaban J connectivity index is 1.48. The van der Waals surface area contributed by atoms with Gasteiger partial charge in [-0.15, -0.1) is 0 Å². The first-order chi connectivity index (χ1) is 18.1. The van der Waals surface area contributed by atoms with E-state index in [1.807, 2.05) is 85.3 Å². The van der Waals surface area contributed by atoms with Crippen molar-refractivity contribution in [2.75, 3.05) is 26.3 Å².